The standard InChI is InChI=1S/C10H13FN2O2/c11-8-3-1-2-6(4-7(12)5-14)9(8)10(13)15/h1-3,7,14H,4-5,12H2,(H2,13,15). The van der Waals surface area contributed by atoms with Gasteiger partial charge in [0.15, 0.2) is 0 Å². The van der Waals surface area contributed by atoms with E-state index >= 15 is 0 Å². The molecule has 15 heavy (non-hydrogen) atoms. The van der Waals surface area contributed by atoms with Crippen molar-refractivity contribution in [3.63, 3.8) is 0 Å². The zero-order chi connectivity index (χ0) is 11.4. The topological polar surface area (TPSA) is 89.3 Å². The van der Waals surface area contributed by atoms with Crippen molar-refractivity contribution in [2.24, 2.45) is 11.5 Å². The highest BCUT2D eigenvalue weighted by atomic mass is 19.1. The van der Waals surface area contributed by atoms with Crippen molar-refractivity contribution < 1.29 is 14.3 Å². The molecule has 4 nitrogen and oxygen atoms in total. The third-order valence-electron chi connectivity index (χ3n) is 2.06. The summed E-state index contributed by atoms with van der Waals surface area (Å²) in [6.45, 7) is -0.227. The smallest absolute Gasteiger partial charge is 0.251 e. The SMILES string of the molecule is NC(=O)c1c(F)cccc1CC(N)CO. The Bertz CT molecular complexity index is 368. The number of primary amides is 1. The predicted octanol–water partition coefficient (Wildman–Crippen LogP) is -0.213. The zero-order valence-electron chi connectivity index (χ0n) is 8.11. The highest BCUT2D eigenvalue weighted by molar-refractivity contribution is 5.94. The monoisotopic (exact) mass is 212 g/mol. The molecule has 0 aliphatic heterocycles. The number of carbonyl (C=O) groups excluding carboxylic acids is 1. The van der Waals surface area contributed by atoms with Gasteiger partial charge in [0.2, 0.25) is 0 Å². The number of hydrogen-bond donors (Lipinski definition) is 3. The van der Waals surface area contributed by atoms with Crippen molar-refractivity contribution in [1.29, 1.82) is 0 Å². The molecular formula is C10H13FN2O2. The van der Waals surface area contributed by atoms with Crippen LogP contribution in [0.5, 0.6) is 0 Å². The summed E-state index contributed by atoms with van der Waals surface area (Å²) in [4.78, 5) is 11.0. The van der Waals surface area contributed by atoms with Gasteiger partial charge in [-0.15, -0.1) is 0 Å². The van der Waals surface area contributed by atoms with Gasteiger partial charge in [0.1, 0.15) is 5.82 Å². The Morgan fingerprint density at radius 1 is 1.53 bits per heavy atom. The fraction of sp³-hybridized carbons (Fsp3) is 0.300. The molecule has 5 heteroatoms. The summed E-state index contributed by atoms with van der Waals surface area (Å²) in [6, 6.07) is 3.68. The highest BCUT2D eigenvalue weighted by Crippen LogP contribution is 2.14. The van der Waals surface area contributed by atoms with Crippen LogP contribution in [0.1, 0.15) is 15.9 Å². The van der Waals surface area contributed by atoms with Crippen LogP contribution in [0.2, 0.25) is 0 Å². The van der Waals surface area contributed by atoms with Gasteiger partial charge in [-0.2, -0.15) is 0 Å². The lowest BCUT2D eigenvalue weighted by atomic mass is 10.00. The average molecular weight is 212 g/mol. The van der Waals surface area contributed by atoms with Crippen molar-refractivity contribution in [1.82, 2.24) is 0 Å². The molecule has 0 spiro atoms. The Labute approximate surface area is 86.7 Å². The predicted molar refractivity (Wildman–Crippen MR) is 53.7 cm³/mol. The van der Waals surface area contributed by atoms with Gasteiger partial charge >= 0.3 is 0 Å². The Hall–Kier alpha value is -1.46. The fourth-order valence-electron chi connectivity index (χ4n) is 1.36. The van der Waals surface area contributed by atoms with Crippen molar-refractivity contribution in [3.8, 4) is 0 Å². The summed E-state index contributed by atoms with van der Waals surface area (Å²) in [5.41, 5.74) is 10.8. The first-order valence-electron chi connectivity index (χ1n) is 4.50. The second-order valence-electron chi connectivity index (χ2n) is 3.28. The largest absolute Gasteiger partial charge is 0.395 e. The van der Waals surface area contributed by atoms with Gasteiger partial charge in [0, 0.05) is 6.04 Å². The third kappa shape index (κ3) is 2.74. The molecular weight excluding hydrogens is 199 g/mol. The van der Waals surface area contributed by atoms with E-state index in [2.05, 4.69) is 0 Å². The molecule has 1 aromatic carbocycles. The molecule has 0 saturated carbocycles. The summed E-state index contributed by atoms with van der Waals surface area (Å²) < 4.78 is 13.3. The highest BCUT2D eigenvalue weighted by Gasteiger charge is 2.15. The van der Waals surface area contributed by atoms with E-state index in [0.717, 1.165) is 6.07 Å². The molecule has 0 fully saturated rings. The van der Waals surface area contributed by atoms with Crippen LogP contribution in [0, 0.1) is 5.82 Å². The first-order chi connectivity index (χ1) is 7.06. The fourth-order valence-corrected chi connectivity index (χ4v) is 1.36. The molecule has 0 saturated heterocycles. The summed E-state index contributed by atoms with van der Waals surface area (Å²) in [7, 11) is 0. The van der Waals surface area contributed by atoms with Crippen LogP contribution in [0.3, 0.4) is 0 Å². The van der Waals surface area contributed by atoms with Gasteiger partial charge in [0.25, 0.3) is 5.91 Å². The maximum absolute atomic E-state index is 13.3. The Morgan fingerprint density at radius 2 is 2.20 bits per heavy atom. The molecule has 0 aliphatic rings. The van der Waals surface area contributed by atoms with Gasteiger partial charge in [-0.05, 0) is 18.1 Å². The first-order valence-corrected chi connectivity index (χ1v) is 4.50. The molecule has 1 unspecified atom stereocenters. The number of amides is 1. The van der Waals surface area contributed by atoms with Gasteiger partial charge in [-0.1, -0.05) is 12.1 Å². The average Bonchev–Trinajstić information content (AvgIpc) is 2.17. The Morgan fingerprint density at radius 3 is 2.73 bits per heavy atom. The van der Waals surface area contributed by atoms with Gasteiger partial charge in [0.05, 0.1) is 12.2 Å². The van der Waals surface area contributed by atoms with E-state index < -0.39 is 17.8 Å². The van der Waals surface area contributed by atoms with Crippen molar-refractivity contribution >= 4 is 5.91 Å². The molecule has 5 N–H and O–H groups in total. The van der Waals surface area contributed by atoms with E-state index in [1.807, 2.05) is 0 Å². The van der Waals surface area contributed by atoms with E-state index in [0.29, 0.717) is 5.56 Å². The molecule has 1 atom stereocenters. The van der Waals surface area contributed by atoms with Crippen molar-refractivity contribution in [2.45, 2.75) is 12.5 Å². The van der Waals surface area contributed by atoms with Crippen LogP contribution < -0.4 is 11.5 Å². The Balaban J connectivity index is 3.06. The number of benzene rings is 1. The van der Waals surface area contributed by atoms with Crippen LogP contribution in [-0.2, 0) is 6.42 Å². The first kappa shape index (κ1) is 11.6. The lowest BCUT2D eigenvalue weighted by Gasteiger charge is -2.11. The van der Waals surface area contributed by atoms with Crippen LogP contribution in [0.25, 0.3) is 0 Å². The molecule has 0 aromatic heterocycles. The number of nitrogens with two attached hydrogens (primary N) is 2. The van der Waals surface area contributed by atoms with E-state index in [1.54, 1.807) is 6.07 Å². The number of aliphatic hydroxyl groups excluding tert-OH is 1. The van der Waals surface area contributed by atoms with Crippen molar-refractivity contribution in [2.75, 3.05) is 6.61 Å². The lowest BCUT2D eigenvalue weighted by molar-refractivity contribution is 0.0995. The van der Waals surface area contributed by atoms with Gasteiger partial charge in [-0.3, -0.25) is 4.79 Å². The minimum atomic E-state index is -0.826. The molecule has 0 radical (unpaired) electrons. The number of carbonyl (C=O) groups is 1. The second-order valence-corrected chi connectivity index (χ2v) is 3.28. The number of halogens is 1. The summed E-state index contributed by atoms with van der Waals surface area (Å²) in [5.74, 6) is -1.49. The molecule has 1 amide bonds. The Kier molecular flexibility index (Phi) is 3.76. The van der Waals surface area contributed by atoms with E-state index in [4.69, 9.17) is 16.6 Å². The van der Waals surface area contributed by atoms with E-state index in [9.17, 15) is 9.18 Å². The number of hydrogen-bond acceptors (Lipinski definition) is 3. The molecule has 1 rings (SSSR count). The van der Waals surface area contributed by atoms with Gasteiger partial charge < -0.3 is 16.6 Å². The van der Waals surface area contributed by atoms with E-state index in [1.165, 1.54) is 6.07 Å². The molecule has 1 aromatic rings. The van der Waals surface area contributed by atoms with Crippen LogP contribution in [-0.4, -0.2) is 23.7 Å². The zero-order valence-corrected chi connectivity index (χ0v) is 8.11. The third-order valence-corrected chi connectivity index (χ3v) is 2.06. The summed E-state index contributed by atoms with van der Waals surface area (Å²) in [6.07, 6.45) is 0.215. The minimum Gasteiger partial charge on any atom is -0.395 e. The molecule has 0 heterocycles. The number of rotatable bonds is 4. The quantitative estimate of drug-likeness (QED) is 0.645. The molecule has 0 bridgehead atoms. The van der Waals surface area contributed by atoms with Crippen LogP contribution in [0.15, 0.2) is 18.2 Å². The van der Waals surface area contributed by atoms with Crippen molar-refractivity contribution in [3.05, 3.63) is 35.1 Å². The van der Waals surface area contributed by atoms with E-state index in [-0.39, 0.29) is 18.6 Å². The number of aliphatic hydroxyl groups is 1. The minimum absolute atomic E-state index is 0.151. The normalized spacial score (nSPS) is 12.5. The molecule has 82 valence electrons. The maximum Gasteiger partial charge on any atom is 0.251 e. The molecule has 0 aliphatic carbocycles. The van der Waals surface area contributed by atoms with Crippen LogP contribution >= 0.6 is 0 Å². The summed E-state index contributed by atoms with van der Waals surface area (Å²) in [5, 5.41) is 8.76. The van der Waals surface area contributed by atoms with Gasteiger partial charge in [-0.25, -0.2) is 4.39 Å². The summed E-state index contributed by atoms with van der Waals surface area (Å²) >= 11 is 0. The maximum atomic E-state index is 13.3. The second kappa shape index (κ2) is 4.86. The lowest BCUT2D eigenvalue weighted by Crippen LogP contribution is -2.28. The van der Waals surface area contributed by atoms with Crippen LogP contribution in [0.4, 0.5) is 4.39 Å².